The number of hydrogen-bond donors (Lipinski definition) is 1. The molecule has 3 rings (SSSR count). The number of aromatic nitrogens is 2. The number of benzene rings is 1. The molecular formula is C17H23N3OS. The molecule has 1 aromatic carbocycles. The lowest BCUT2D eigenvalue weighted by Gasteiger charge is -2.21. The van der Waals surface area contributed by atoms with Crippen molar-refractivity contribution in [3.05, 3.63) is 24.3 Å². The molecule has 1 aliphatic rings. The molecule has 0 spiro atoms. The number of imidazole rings is 1. The molecule has 0 saturated heterocycles. The van der Waals surface area contributed by atoms with Crippen molar-refractivity contribution < 1.29 is 4.79 Å². The number of rotatable bonds is 5. The Morgan fingerprint density at radius 2 is 2.09 bits per heavy atom. The number of carbonyl (C=O) groups is 1. The van der Waals surface area contributed by atoms with E-state index in [9.17, 15) is 4.79 Å². The molecule has 0 aliphatic heterocycles. The van der Waals surface area contributed by atoms with Crippen molar-refractivity contribution in [2.75, 3.05) is 12.8 Å². The summed E-state index contributed by atoms with van der Waals surface area (Å²) in [5.74, 6) is 0.751. The topological polar surface area (TPSA) is 46.9 Å². The predicted octanol–water partition coefficient (Wildman–Crippen LogP) is 3.45. The van der Waals surface area contributed by atoms with Gasteiger partial charge in [-0.15, -0.1) is 0 Å². The summed E-state index contributed by atoms with van der Waals surface area (Å²) < 4.78 is 2.01. The summed E-state index contributed by atoms with van der Waals surface area (Å²) in [6.45, 7) is 1.17. The molecular weight excluding hydrogens is 294 g/mol. The highest BCUT2D eigenvalue weighted by atomic mass is 32.2. The van der Waals surface area contributed by atoms with Gasteiger partial charge in [0.1, 0.15) is 6.54 Å². The molecule has 1 amide bonds. The molecule has 4 nitrogen and oxygen atoms in total. The van der Waals surface area contributed by atoms with Crippen LogP contribution in [0.25, 0.3) is 11.0 Å². The maximum Gasteiger partial charge on any atom is 0.240 e. The summed E-state index contributed by atoms with van der Waals surface area (Å²) >= 11 is 1.58. The number of carbonyl (C=O) groups excluding carboxylic acids is 1. The van der Waals surface area contributed by atoms with Crippen LogP contribution in [0.5, 0.6) is 0 Å². The van der Waals surface area contributed by atoms with Gasteiger partial charge in [-0.2, -0.15) is 0 Å². The van der Waals surface area contributed by atoms with E-state index in [1.165, 1.54) is 32.1 Å². The third-order valence-corrected chi connectivity index (χ3v) is 5.09. The van der Waals surface area contributed by atoms with Crippen LogP contribution in [-0.2, 0) is 11.3 Å². The fraction of sp³-hybridized carbons (Fsp3) is 0.529. The Labute approximate surface area is 135 Å². The van der Waals surface area contributed by atoms with Crippen molar-refractivity contribution in [3.63, 3.8) is 0 Å². The first kappa shape index (κ1) is 15.4. The van der Waals surface area contributed by atoms with Crippen LogP contribution >= 0.6 is 11.8 Å². The van der Waals surface area contributed by atoms with E-state index in [1.807, 2.05) is 35.1 Å². The fourth-order valence-electron chi connectivity index (χ4n) is 3.21. The number of amides is 1. The zero-order valence-corrected chi connectivity index (χ0v) is 13.9. The molecule has 1 heterocycles. The van der Waals surface area contributed by atoms with E-state index < -0.39 is 0 Å². The maximum absolute atomic E-state index is 12.3. The van der Waals surface area contributed by atoms with Gasteiger partial charge in [-0.1, -0.05) is 43.2 Å². The van der Waals surface area contributed by atoms with Crippen LogP contribution in [0.1, 0.15) is 32.1 Å². The van der Waals surface area contributed by atoms with Crippen LogP contribution in [0, 0.1) is 5.92 Å². The molecule has 1 fully saturated rings. The molecule has 0 atom stereocenters. The fourth-order valence-corrected chi connectivity index (χ4v) is 3.78. The van der Waals surface area contributed by atoms with Gasteiger partial charge in [0.2, 0.25) is 5.91 Å². The Kier molecular flexibility index (Phi) is 5.03. The quantitative estimate of drug-likeness (QED) is 0.859. The Morgan fingerprint density at radius 1 is 1.32 bits per heavy atom. The maximum atomic E-state index is 12.3. The number of para-hydroxylation sites is 2. The molecule has 1 aromatic heterocycles. The van der Waals surface area contributed by atoms with Crippen LogP contribution in [0.15, 0.2) is 29.4 Å². The van der Waals surface area contributed by atoms with Gasteiger partial charge < -0.3 is 9.88 Å². The van der Waals surface area contributed by atoms with Gasteiger partial charge in [-0.05, 0) is 37.1 Å². The highest BCUT2D eigenvalue weighted by Crippen LogP contribution is 2.23. The van der Waals surface area contributed by atoms with E-state index in [0.29, 0.717) is 12.5 Å². The average molecular weight is 317 g/mol. The zero-order chi connectivity index (χ0) is 15.4. The molecule has 0 radical (unpaired) electrons. The highest BCUT2D eigenvalue weighted by molar-refractivity contribution is 7.98. The van der Waals surface area contributed by atoms with E-state index in [-0.39, 0.29) is 5.91 Å². The van der Waals surface area contributed by atoms with E-state index in [1.54, 1.807) is 11.8 Å². The summed E-state index contributed by atoms with van der Waals surface area (Å²) in [5.41, 5.74) is 1.98. The predicted molar refractivity (Wildman–Crippen MR) is 91.1 cm³/mol. The molecule has 1 saturated carbocycles. The Hall–Kier alpha value is -1.49. The molecule has 2 aromatic rings. The number of hydrogen-bond acceptors (Lipinski definition) is 3. The molecule has 5 heteroatoms. The van der Waals surface area contributed by atoms with Gasteiger partial charge >= 0.3 is 0 Å². The number of nitrogens with one attached hydrogen (secondary N) is 1. The lowest BCUT2D eigenvalue weighted by Crippen LogP contribution is -2.32. The Morgan fingerprint density at radius 3 is 2.86 bits per heavy atom. The minimum atomic E-state index is 0.0871. The van der Waals surface area contributed by atoms with Gasteiger partial charge in [-0.25, -0.2) is 4.98 Å². The molecule has 1 aliphatic carbocycles. The minimum Gasteiger partial charge on any atom is -0.354 e. The first-order chi connectivity index (χ1) is 10.8. The summed E-state index contributed by atoms with van der Waals surface area (Å²) in [6, 6.07) is 7.99. The van der Waals surface area contributed by atoms with Crippen molar-refractivity contribution in [2.24, 2.45) is 5.92 Å². The van der Waals surface area contributed by atoms with Crippen molar-refractivity contribution >= 4 is 28.7 Å². The van der Waals surface area contributed by atoms with Crippen LogP contribution in [0.2, 0.25) is 0 Å². The third kappa shape index (κ3) is 3.46. The second kappa shape index (κ2) is 7.18. The summed E-state index contributed by atoms with van der Waals surface area (Å²) in [7, 11) is 0. The Balaban J connectivity index is 1.65. The Bertz CT molecular complexity index is 646. The smallest absolute Gasteiger partial charge is 0.240 e. The second-order valence-electron chi connectivity index (χ2n) is 5.98. The van der Waals surface area contributed by atoms with Gasteiger partial charge in [-0.3, -0.25) is 4.79 Å². The van der Waals surface area contributed by atoms with Gasteiger partial charge in [0.15, 0.2) is 5.16 Å². The van der Waals surface area contributed by atoms with Crippen molar-refractivity contribution in [1.29, 1.82) is 0 Å². The van der Waals surface area contributed by atoms with Crippen molar-refractivity contribution in [1.82, 2.24) is 14.9 Å². The molecule has 1 N–H and O–H groups in total. The van der Waals surface area contributed by atoms with Crippen molar-refractivity contribution in [2.45, 2.75) is 43.8 Å². The molecule has 0 unspecified atom stereocenters. The van der Waals surface area contributed by atoms with Crippen LogP contribution < -0.4 is 5.32 Å². The summed E-state index contributed by atoms with van der Waals surface area (Å²) in [5, 5.41) is 4.01. The summed E-state index contributed by atoms with van der Waals surface area (Å²) in [4.78, 5) is 16.9. The average Bonchev–Trinajstić information content (AvgIpc) is 2.92. The minimum absolute atomic E-state index is 0.0871. The van der Waals surface area contributed by atoms with E-state index in [0.717, 1.165) is 22.7 Å². The third-order valence-electron chi connectivity index (χ3n) is 4.42. The number of thioether (sulfide) groups is 1. The van der Waals surface area contributed by atoms with Crippen molar-refractivity contribution in [3.8, 4) is 0 Å². The lowest BCUT2D eigenvalue weighted by atomic mass is 9.89. The van der Waals surface area contributed by atoms with Gasteiger partial charge in [0, 0.05) is 6.54 Å². The molecule has 22 heavy (non-hydrogen) atoms. The highest BCUT2D eigenvalue weighted by Gasteiger charge is 2.16. The molecule has 118 valence electrons. The van der Waals surface area contributed by atoms with E-state index in [4.69, 9.17) is 0 Å². The monoisotopic (exact) mass is 317 g/mol. The molecule has 0 bridgehead atoms. The number of fused-ring (bicyclic) bond motifs is 1. The first-order valence-corrected chi connectivity index (χ1v) is 9.26. The van der Waals surface area contributed by atoms with Gasteiger partial charge in [0.05, 0.1) is 11.0 Å². The van der Waals surface area contributed by atoms with E-state index >= 15 is 0 Å². The van der Waals surface area contributed by atoms with Crippen LogP contribution in [-0.4, -0.2) is 28.3 Å². The second-order valence-corrected chi connectivity index (χ2v) is 6.75. The lowest BCUT2D eigenvalue weighted by molar-refractivity contribution is -0.121. The largest absolute Gasteiger partial charge is 0.354 e. The van der Waals surface area contributed by atoms with Crippen LogP contribution in [0.4, 0.5) is 0 Å². The first-order valence-electron chi connectivity index (χ1n) is 8.04. The normalized spacial score (nSPS) is 16.0. The summed E-state index contributed by atoms with van der Waals surface area (Å²) in [6.07, 6.45) is 8.47. The standard InChI is InChI=1S/C17H23N3OS/c1-22-17-19-14-9-5-6-10-15(14)20(17)12-16(21)18-11-13-7-3-2-4-8-13/h5-6,9-10,13H,2-4,7-8,11-12H2,1H3,(H,18,21). The van der Waals surface area contributed by atoms with Gasteiger partial charge in [0.25, 0.3) is 0 Å². The van der Waals surface area contributed by atoms with Crippen LogP contribution in [0.3, 0.4) is 0 Å². The SMILES string of the molecule is CSc1nc2ccccc2n1CC(=O)NCC1CCCCC1. The van der Waals surface area contributed by atoms with E-state index in [2.05, 4.69) is 10.3 Å². The number of nitrogens with zero attached hydrogens (tertiary/aromatic N) is 2. The zero-order valence-electron chi connectivity index (χ0n) is 13.0.